The smallest absolute Gasteiger partial charge is 0.342 e. The molecule has 0 aromatic rings. The van der Waals surface area contributed by atoms with Gasteiger partial charge in [0.15, 0.2) is 0 Å². The lowest BCUT2D eigenvalue weighted by atomic mass is 9.83. The van der Waals surface area contributed by atoms with E-state index < -0.39 is 29.8 Å². The van der Waals surface area contributed by atoms with Crippen molar-refractivity contribution in [1.29, 1.82) is 0 Å². The zero-order valence-corrected chi connectivity index (χ0v) is 22.5. The minimum atomic E-state index is -1.30. The molecule has 2 rings (SSSR count). The van der Waals surface area contributed by atoms with E-state index in [4.69, 9.17) is 9.47 Å². The van der Waals surface area contributed by atoms with Crippen LogP contribution in [0.15, 0.2) is 34.4 Å². The van der Waals surface area contributed by atoms with E-state index in [0.29, 0.717) is 32.1 Å². The standard InChI is InChI=1S/C29H40O9/c1-3-4-5-6-7-11-14-21-18-23-22(28(35)38-29(23)36)16-20(13-10-8-9-12-15-37-19(2)30)17-24(26(31)32)25(21)27(33)34/h9,12,20-21H,3-8,10-11,13-18H2,1-2H3,(H,31,32)(H,33,34). The summed E-state index contributed by atoms with van der Waals surface area (Å²) >= 11 is 0. The zero-order valence-electron chi connectivity index (χ0n) is 22.5. The Bertz CT molecular complexity index is 986. The van der Waals surface area contributed by atoms with Crippen molar-refractivity contribution in [1.82, 2.24) is 0 Å². The summed E-state index contributed by atoms with van der Waals surface area (Å²) in [5.74, 6) is -5.48. The predicted molar refractivity (Wildman–Crippen MR) is 139 cm³/mol. The number of hydrogen-bond donors (Lipinski definition) is 2. The molecular weight excluding hydrogens is 492 g/mol. The monoisotopic (exact) mass is 532 g/mol. The molecule has 1 aliphatic heterocycles. The molecule has 9 heteroatoms. The van der Waals surface area contributed by atoms with E-state index >= 15 is 0 Å². The molecule has 0 aromatic heterocycles. The van der Waals surface area contributed by atoms with Gasteiger partial charge in [-0.1, -0.05) is 57.6 Å². The van der Waals surface area contributed by atoms with Gasteiger partial charge in [0.2, 0.25) is 0 Å². The van der Waals surface area contributed by atoms with Gasteiger partial charge in [0.25, 0.3) is 0 Å². The van der Waals surface area contributed by atoms with Crippen molar-refractivity contribution in [3.05, 3.63) is 34.4 Å². The van der Waals surface area contributed by atoms with Gasteiger partial charge < -0.3 is 19.7 Å². The summed E-state index contributed by atoms with van der Waals surface area (Å²) in [4.78, 5) is 60.7. The number of cyclic esters (lactones) is 2. The lowest BCUT2D eigenvalue weighted by Gasteiger charge is -2.21. The van der Waals surface area contributed by atoms with Crippen LogP contribution in [0.25, 0.3) is 0 Å². The summed E-state index contributed by atoms with van der Waals surface area (Å²) in [7, 11) is 0. The van der Waals surface area contributed by atoms with Crippen LogP contribution in [0.5, 0.6) is 0 Å². The third-order valence-corrected chi connectivity index (χ3v) is 7.14. The molecule has 0 fully saturated rings. The molecule has 9 nitrogen and oxygen atoms in total. The highest BCUT2D eigenvalue weighted by Crippen LogP contribution is 2.40. The van der Waals surface area contributed by atoms with Gasteiger partial charge in [0.05, 0.1) is 5.57 Å². The molecule has 2 N–H and O–H groups in total. The van der Waals surface area contributed by atoms with Gasteiger partial charge in [-0.05, 0) is 56.8 Å². The Hall–Kier alpha value is -3.23. The molecule has 0 saturated carbocycles. The quantitative estimate of drug-likeness (QED) is 0.124. The van der Waals surface area contributed by atoms with E-state index in [1.54, 1.807) is 6.08 Å². The normalized spacial score (nSPS) is 20.2. The lowest BCUT2D eigenvalue weighted by molar-refractivity contribution is -0.151. The Balaban J connectivity index is 2.29. The minimum Gasteiger partial charge on any atom is -0.478 e. The summed E-state index contributed by atoms with van der Waals surface area (Å²) in [6.07, 6.45) is 11.8. The predicted octanol–water partition coefficient (Wildman–Crippen LogP) is 5.29. The summed E-state index contributed by atoms with van der Waals surface area (Å²) in [6, 6.07) is 0. The number of carboxylic acids is 2. The van der Waals surface area contributed by atoms with E-state index in [9.17, 15) is 34.2 Å². The second-order valence-electron chi connectivity index (χ2n) is 10.1. The second kappa shape index (κ2) is 15.9. The number of rotatable bonds is 15. The first kappa shape index (κ1) is 31.0. The average Bonchev–Trinajstić information content (AvgIpc) is 3.13. The zero-order chi connectivity index (χ0) is 28.1. The summed E-state index contributed by atoms with van der Waals surface area (Å²) < 4.78 is 9.75. The second-order valence-corrected chi connectivity index (χ2v) is 10.1. The van der Waals surface area contributed by atoms with Crippen molar-refractivity contribution in [2.75, 3.05) is 6.61 Å². The molecule has 2 aliphatic rings. The molecule has 0 spiro atoms. The van der Waals surface area contributed by atoms with Gasteiger partial charge in [-0.15, -0.1) is 0 Å². The highest BCUT2D eigenvalue weighted by Gasteiger charge is 2.40. The summed E-state index contributed by atoms with van der Waals surface area (Å²) in [6.45, 7) is 3.61. The van der Waals surface area contributed by atoms with Crippen LogP contribution in [0.1, 0.15) is 97.3 Å². The molecule has 2 atom stereocenters. The molecule has 0 saturated heterocycles. The first-order valence-corrected chi connectivity index (χ1v) is 13.6. The van der Waals surface area contributed by atoms with Crippen LogP contribution in [0.4, 0.5) is 0 Å². The maximum Gasteiger partial charge on any atom is 0.342 e. The molecule has 0 amide bonds. The number of hydrogen-bond acceptors (Lipinski definition) is 7. The van der Waals surface area contributed by atoms with Crippen LogP contribution in [0.2, 0.25) is 0 Å². The number of carbonyl (C=O) groups excluding carboxylic acids is 3. The van der Waals surface area contributed by atoms with Gasteiger partial charge in [-0.25, -0.2) is 19.2 Å². The average molecular weight is 533 g/mol. The summed E-state index contributed by atoms with van der Waals surface area (Å²) in [5.41, 5.74) is 0.112. The topological polar surface area (TPSA) is 144 Å². The van der Waals surface area contributed by atoms with E-state index in [-0.39, 0.29) is 60.0 Å². The Kier molecular flexibility index (Phi) is 13.0. The van der Waals surface area contributed by atoms with E-state index in [1.165, 1.54) is 6.92 Å². The van der Waals surface area contributed by atoms with Crippen molar-refractivity contribution < 1.29 is 43.7 Å². The highest BCUT2D eigenvalue weighted by atomic mass is 16.6. The Morgan fingerprint density at radius 2 is 1.53 bits per heavy atom. The van der Waals surface area contributed by atoms with Gasteiger partial charge in [-0.3, -0.25) is 4.79 Å². The van der Waals surface area contributed by atoms with E-state index in [2.05, 4.69) is 6.92 Å². The maximum atomic E-state index is 12.6. The van der Waals surface area contributed by atoms with Crippen LogP contribution < -0.4 is 0 Å². The molecule has 0 radical (unpaired) electrons. The number of ether oxygens (including phenoxy) is 2. The number of aliphatic carboxylic acids is 2. The lowest BCUT2D eigenvalue weighted by Crippen LogP contribution is -2.21. The third-order valence-electron chi connectivity index (χ3n) is 7.14. The van der Waals surface area contributed by atoms with E-state index in [1.807, 2.05) is 6.08 Å². The molecule has 0 bridgehead atoms. The van der Waals surface area contributed by atoms with Gasteiger partial charge >= 0.3 is 29.8 Å². The van der Waals surface area contributed by atoms with Gasteiger partial charge in [0, 0.05) is 23.6 Å². The van der Waals surface area contributed by atoms with Crippen LogP contribution >= 0.6 is 0 Å². The van der Waals surface area contributed by atoms with Gasteiger partial charge in [0.1, 0.15) is 6.61 Å². The van der Waals surface area contributed by atoms with Crippen molar-refractivity contribution in [2.24, 2.45) is 11.8 Å². The first-order chi connectivity index (χ1) is 18.1. The highest BCUT2D eigenvalue weighted by molar-refractivity contribution is 6.12. The third kappa shape index (κ3) is 9.58. The maximum absolute atomic E-state index is 12.6. The molecule has 1 heterocycles. The minimum absolute atomic E-state index is 0.0145. The molecule has 38 heavy (non-hydrogen) atoms. The number of unbranched alkanes of at least 4 members (excludes halogenated alkanes) is 6. The molecule has 2 unspecified atom stereocenters. The van der Waals surface area contributed by atoms with Crippen LogP contribution in [0.3, 0.4) is 0 Å². The number of esters is 3. The Labute approximate surface area is 224 Å². The first-order valence-electron chi connectivity index (χ1n) is 13.6. The molecule has 0 aromatic carbocycles. The van der Waals surface area contributed by atoms with Crippen LogP contribution in [0, 0.1) is 11.8 Å². The fourth-order valence-corrected chi connectivity index (χ4v) is 5.22. The number of allylic oxidation sites excluding steroid dienone is 1. The van der Waals surface area contributed by atoms with Crippen molar-refractivity contribution in [3.63, 3.8) is 0 Å². The Morgan fingerprint density at radius 1 is 0.868 bits per heavy atom. The molecule has 210 valence electrons. The summed E-state index contributed by atoms with van der Waals surface area (Å²) in [5, 5.41) is 20.2. The van der Waals surface area contributed by atoms with Crippen molar-refractivity contribution in [2.45, 2.75) is 97.3 Å². The molecular formula is C29H40O9. The fourth-order valence-electron chi connectivity index (χ4n) is 5.22. The Morgan fingerprint density at radius 3 is 2.16 bits per heavy atom. The number of carbonyl (C=O) groups is 5. The van der Waals surface area contributed by atoms with Crippen molar-refractivity contribution >= 4 is 29.8 Å². The van der Waals surface area contributed by atoms with Gasteiger partial charge in [-0.2, -0.15) is 0 Å². The largest absolute Gasteiger partial charge is 0.478 e. The fraction of sp³-hybridized carbons (Fsp3) is 0.621. The van der Waals surface area contributed by atoms with Crippen molar-refractivity contribution in [3.8, 4) is 0 Å². The van der Waals surface area contributed by atoms with E-state index in [0.717, 1.165) is 32.1 Å². The van der Waals surface area contributed by atoms with Crippen LogP contribution in [-0.4, -0.2) is 46.7 Å². The SMILES string of the molecule is CCCCCCCCC1CC2=C(CC(CCCC=CCOC(C)=O)CC(C(=O)O)=C1C(=O)O)C(=O)OC2=O. The number of carboxylic acid groups (broad SMARTS) is 2. The van der Waals surface area contributed by atoms with Crippen LogP contribution in [-0.2, 0) is 33.4 Å². The molecule has 1 aliphatic carbocycles.